The van der Waals surface area contributed by atoms with Crippen LogP contribution in [0.5, 0.6) is 5.75 Å². The van der Waals surface area contributed by atoms with E-state index in [4.69, 9.17) is 39.5 Å². The highest BCUT2D eigenvalue weighted by molar-refractivity contribution is 6.36. The maximum Gasteiger partial charge on any atom is 0.261 e. The third kappa shape index (κ3) is 7.03. The molecular formula is C24H29Cl3N2O3. The van der Waals surface area contributed by atoms with Gasteiger partial charge in [0.25, 0.3) is 5.91 Å². The summed E-state index contributed by atoms with van der Waals surface area (Å²) in [7, 11) is 0. The van der Waals surface area contributed by atoms with Gasteiger partial charge in [-0.2, -0.15) is 0 Å². The first-order valence-corrected chi connectivity index (χ1v) is 11.4. The number of carbonyl (C=O) groups excluding carboxylic acids is 2. The van der Waals surface area contributed by atoms with Gasteiger partial charge in [0.2, 0.25) is 5.91 Å². The summed E-state index contributed by atoms with van der Waals surface area (Å²) < 4.78 is 5.75. The number of carbonyl (C=O) groups is 2. The molecule has 0 radical (unpaired) electrons. The molecule has 0 bridgehead atoms. The molecule has 1 atom stereocenters. The lowest BCUT2D eigenvalue weighted by molar-refractivity contribution is -0.142. The Labute approximate surface area is 205 Å². The molecule has 2 aromatic carbocycles. The predicted octanol–water partition coefficient (Wildman–Crippen LogP) is 5.97. The van der Waals surface area contributed by atoms with Gasteiger partial charge in [-0.1, -0.05) is 40.9 Å². The molecular weight excluding hydrogens is 471 g/mol. The first-order chi connectivity index (χ1) is 14.8. The maximum atomic E-state index is 13.2. The summed E-state index contributed by atoms with van der Waals surface area (Å²) >= 11 is 18.9. The van der Waals surface area contributed by atoms with Crippen LogP contribution in [0.3, 0.4) is 0 Å². The summed E-state index contributed by atoms with van der Waals surface area (Å²) in [6.07, 6.45) is 0. The van der Waals surface area contributed by atoms with Crippen LogP contribution in [0.2, 0.25) is 15.1 Å². The van der Waals surface area contributed by atoms with Gasteiger partial charge >= 0.3 is 0 Å². The van der Waals surface area contributed by atoms with Gasteiger partial charge in [0, 0.05) is 32.7 Å². The van der Waals surface area contributed by atoms with Crippen LogP contribution in [0.25, 0.3) is 0 Å². The molecule has 0 saturated carbocycles. The fraction of sp³-hybridized carbons (Fsp3) is 0.417. The molecule has 8 heteroatoms. The summed E-state index contributed by atoms with van der Waals surface area (Å²) in [4.78, 5) is 27.5. The van der Waals surface area contributed by atoms with Crippen molar-refractivity contribution in [2.45, 2.75) is 59.7 Å². The van der Waals surface area contributed by atoms with Crippen molar-refractivity contribution in [3.63, 3.8) is 0 Å². The van der Waals surface area contributed by atoms with E-state index >= 15 is 0 Å². The third-order valence-electron chi connectivity index (χ3n) is 4.83. The van der Waals surface area contributed by atoms with Crippen molar-refractivity contribution in [3.05, 3.63) is 62.1 Å². The van der Waals surface area contributed by atoms with Crippen molar-refractivity contribution >= 4 is 46.6 Å². The molecule has 2 rings (SSSR count). The fourth-order valence-corrected chi connectivity index (χ4v) is 3.75. The van der Waals surface area contributed by atoms with E-state index in [-0.39, 0.29) is 25.0 Å². The van der Waals surface area contributed by atoms with E-state index in [1.807, 2.05) is 34.6 Å². The molecule has 0 unspecified atom stereocenters. The molecule has 0 aliphatic rings. The first kappa shape index (κ1) is 26.3. The van der Waals surface area contributed by atoms with E-state index in [1.165, 1.54) is 4.90 Å². The second kappa shape index (κ2) is 10.8. The largest absolute Gasteiger partial charge is 0.484 e. The summed E-state index contributed by atoms with van der Waals surface area (Å²) in [6.45, 7) is 10.9. The third-order valence-corrected chi connectivity index (χ3v) is 6.13. The van der Waals surface area contributed by atoms with Crippen LogP contribution in [0, 0.1) is 13.8 Å². The molecule has 2 amide bonds. The second-order valence-corrected chi connectivity index (χ2v) is 9.99. The van der Waals surface area contributed by atoms with Gasteiger partial charge in [0.15, 0.2) is 6.61 Å². The molecule has 0 aromatic heterocycles. The Bertz CT molecular complexity index is 959. The number of aryl methyl sites for hydroxylation is 2. The quantitative estimate of drug-likeness (QED) is 0.510. The highest BCUT2D eigenvalue weighted by Gasteiger charge is 2.29. The number of nitrogens with one attached hydrogen (secondary N) is 1. The molecule has 0 heterocycles. The number of halogens is 3. The van der Waals surface area contributed by atoms with Crippen molar-refractivity contribution in [2.24, 2.45) is 0 Å². The number of amides is 2. The van der Waals surface area contributed by atoms with E-state index in [0.29, 0.717) is 26.4 Å². The van der Waals surface area contributed by atoms with Crippen molar-refractivity contribution in [2.75, 3.05) is 6.61 Å². The Morgan fingerprint density at radius 2 is 1.59 bits per heavy atom. The lowest BCUT2D eigenvalue weighted by atomic mass is 10.1. The normalized spacial score (nSPS) is 12.3. The molecule has 1 N–H and O–H groups in total. The van der Waals surface area contributed by atoms with E-state index in [0.717, 1.165) is 11.1 Å². The van der Waals surface area contributed by atoms with Gasteiger partial charge in [-0.25, -0.2) is 0 Å². The molecule has 0 saturated heterocycles. The number of hydrogen-bond donors (Lipinski definition) is 1. The zero-order chi connectivity index (χ0) is 24.2. The smallest absolute Gasteiger partial charge is 0.261 e. The van der Waals surface area contributed by atoms with Gasteiger partial charge < -0.3 is 15.0 Å². The first-order valence-electron chi connectivity index (χ1n) is 10.2. The Morgan fingerprint density at radius 1 is 1.06 bits per heavy atom. The van der Waals surface area contributed by atoms with Gasteiger partial charge in [-0.15, -0.1) is 0 Å². The van der Waals surface area contributed by atoms with Crippen LogP contribution in [-0.2, 0) is 16.1 Å². The average molecular weight is 500 g/mol. The SMILES string of the molecule is Cc1cc(OCC(=O)N(Cc2c(Cl)cccc2Cl)[C@@H](C)C(=O)NC(C)(C)C)cc(C)c1Cl. The average Bonchev–Trinajstić information content (AvgIpc) is 2.68. The second-order valence-electron chi connectivity index (χ2n) is 8.80. The topological polar surface area (TPSA) is 58.6 Å². The molecule has 5 nitrogen and oxygen atoms in total. The number of rotatable bonds is 7. The van der Waals surface area contributed by atoms with Gasteiger partial charge in [-0.3, -0.25) is 9.59 Å². The zero-order valence-corrected chi connectivity index (χ0v) is 21.5. The molecule has 2 aromatic rings. The minimum Gasteiger partial charge on any atom is -0.484 e. The van der Waals surface area contributed by atoms with E-state index in [9.17, 15) is 9.59 Å². The molecule has 174 valence electrons. The van der Waals surface area contributed by atoms with Crippen LogP contribution in [-0.4, -0.2) is 34.9 Å². The maximum absolute atomic E-state index is 13.2. The van der Waals surface area contributed by atoms with Gasteiger partial charge in [-0.05, 0) is 76.9 Å². The van der Waals surface area contributed by atoms with Crippen LogP contribution in [0.1, 0.15) is 44.4 Å². The van der Waals surface area contributed by atoms with E-state index < -0.39 is 11.6 Å². The number of ether oxygens (including phenoxy) is 1. The minimum atomic E-state index is -0.772. The van der Waals surface area contributed by atoms with Crippen LogP contribution in [0.15, 0.2) is 30.3 Å². The molecule has 0 spiro atoms. The van der Waals surface area contributed by atoms with Crippen LogP contribution in [0.4, 0.5) is 0 Å². The van der Waals surface area contributed by atoms with Gasteiger partial charge in [0.05, 0.1) is 0 Å². The lowest BCUT2D eigenvalue weighted by Gasteiger charge is -2.31. The van der Waals surface area contributed by atoms with Crippen molar-refractivity contribution in [1.29, 1.82) is 0 Å². The van der Waals surface area contributed by atoms with Crippen LogP contribution < -0.4 is 10.1 Å². The summed E-state index contributed by atoms with van der Waals surface area (Å²) in [5.41, 5.74) is 1.83. The van der Waals surface area contributed by atoms with E-state index in [1.54, 1.807) is 37.3 Å². The Balaban J connectivity index is 2.28. The molecule has 0 fully saturated rings. The zero-order valence-electron chi connectivity index (χ0n) is 19.2. The summed E-state index contributed by atoms with van der Waals surface area (Å²) in [5.74, 6) is -0.129. The molecule has 0 aliphatic carbocycles. The molecule has 0 aliphatic heterocycles. The highest BCUT2D eigenvalue weighted by atomic mass is 35.5. The Hall–Kier alpha value is -1.95. The monoisotopic (exact) mass is 498 g/mol. The standard InChI is InChI=1S/C24H29Cl3N2O3/c1-14-10-17(11-15(2)22(14)27)32-13-21(30)29(16(3)23(31)28-24(4,5)6)12-18-19(25)8-7-9-20(18)26/h7-11,16H,12-13H2,1-6H3,(H,28,31)/t16-/m0/s1. The Morgan fingerprint density at radius 3 is 2.09 bits per heavy atom. The van der Waals surface area contributed by atoms with Crippen molar-refractivity contribution in [3.8, 4) is 5.75 Å². The minimum absolute atomic E-state index is 0.0676. The summed E-state index contributed by atoms with van der Waals surface area (Å²) in [6, 6.07) is 7.89. The number of benzene rings is 2. The molecule has 32 heavy (non-hydrogen) atoms. The van der Waals surface area contributed by atoms with Crippen molar-refractivity contribution < 1.29 is 14.3 Å². The number of hydrogen-bond acceptors (Lipinski definition) is 3. The van der Waals surface area contributed by atoms with Crippen LogP contribution >= 0.6 is 34.8 Å². The van der Waals surface area contributed by atoms with Crippen molar-refractivity contribution in [1.82, 2.24) is 10.2 Å². The highest BCUT2D eigenvalue weighted by Crippen LogP contribution is 2.28. The van der Waals surface area contributed by atoms with Gasteiger partial charge in [0.1, 0.15) is 11.8 Å². The Kier molecular flexibility index (Phi) is 8.86. The predicted molar refractivity (Wildman–Crippen MR) is 131 cm³/mol. The fourth-order valence-electron chi connectivity index (χ4n) is 3.13. The lowest BCUT2D eigenvalue weighted by Crippen LogP contribution is -2.53. The summed E-state index contributed by atoms with van der Waals surface area (Å²) in [5, 5.41) is 4.41. The van der Waals surface area contributed by atoms with E-state index in [2.05, 4.69) is 5.32 Å². The number of nitrogens with zero attached hydrogens (tertiary/aromatic N) is 1.